The molecule has 0 N–H and O–H groups in total. The molecule has 0 unspecified atom stereocenters. The molecule has 0 spiro atoms. The molecule has 0 aliphatic rings. The van der Waals surface area contributed by atoms with Crippen molar-refractivity contribution < 1.29 is 14.2 Å². The Morgan fingerprint density at radius 2 is 1.36 bits per heavy atom. The molecule has 0 aromatic rings. The van der Waals surface area contributed by atoms with E-state index < -0.39 is 0 Å². The molecule has 0 heterocycles. The van der Waals surface area contributed by atoms with Gasteiger partial charge in [-0.3, -0.25) is 0 Å². The summed E-state index contributed by atoms with van der Waals surface area (Å²) in [7, 11) is 1.67. The molecule has 14 heavy (non-hydrogen) atoms. The highest BCUT2D eigenvalue weighted by Crippen LogP contribution is 1.98. The Morgan fingerprint density at radius 3 is 2.00 bits per heavy atom. The minimum atomic E-state index is 0.662. The minimum absolute atomic E-state index is 0.662. The molecule has 0 atom stereocenters. The van der Waals surface area contributed by atoms with Crippen LogP contribution in [0.15, 0.2) is 0 Å². The van der Waals surface area contributed by atoms with Gasteiger partial charge in [0.2, 0.25) is 0 Å². The Hall–Kier alpha value is -0.120. The van der Waals surface area contributed by atoms with Crippen LogP contribution in [0, 0.1) is 0 Å². The van der Waals surface area contributed by atoms with Crippen molar-refractivity contribution in [2.24, 2.45) is 0 Å². The predicted octanol–water partition coefficient (Wildman–Crippen LogP) is 2.25. The summed E-state index contributed by atoms with van der Waals surface area (Å²) >= 11 is 0. The van der Waals surface area contributed by atoms with Crippen molar-refractivity contribution in [3.63, 3.8) is 0 Å². The number of hydrogen-bond donors (Lipinski definition) is 0. The van der Waals surface area contributed by atoms with Crippen LogP contribution in [-0.4, -0.2) is 40.1 Å². The van der Waals surface area contributed by atoms with Gasteiger partial charge in [0, 0.05) is 13.7 Å². The molecule has 0 bridgehead atoms. The molecule has 0 amide bonds. The molecule has 0 saturated heterocycles. The van der Waals surface area contributed by atoms with Gasteiger partial charge in [0.15, 0.2) is 0 Å². The maximum absolute atomic E-state index is 5.39. The van der Waals surface area contributed by atoms with E-state index in [0.717, 1.165) is 6.61 Å². The topological polar surface area (TPSA) is 27.7 Å². The Bertz CT molecular complexity index is 84.5. The van der Waals surface area contributed by atoms with Crippen molar-refractivity contribution in [2.45, 2.75) is 32.6 Å². The zero-order chi connectivity index (χ0) is 10.5. The van der Waals surface area contributed by atoms with Gasteiger partial charge in [-0.1, -0.05) is 26.2 Å². The molecular formula is C11H24O3. The van der Waals surface area contributed by atoms with Crippen molar-refractivity contribution in [1.29, 1.82) is 0 Å². The van der Waals surface area contributed by atoms with Gasteiger partial charge in [0.25, 0.3) is 0 Å². The van der Waals surface area contributed by atoms with Crippen molar-refractivity contribution in [2.75, 3.05) is 40.1 Å². The third-order valence-corrected chi connectivity index (χ3v) is 1.95. The van der Waals surface area contributed by atoms with Crippen LogP contribution in [-0.2, 0) is 14.2 Å². The molecule has 86 valence electrons. The lowest BCUT2D eigenvalue weighted by Crippen LogP contribution is -2.08. The maximum atomic E-state index is 5.39. The molecule has 3 heteroatoms. The molecule has 0 radical (unpaired) electrons. The quantitative estimate of drug-likeness (QED) is 0.483. The molecule has 0 saturated carbocycles. The van der Waals surface area contributed by atoms with Gasteiger partial charge in [0.1, 0.15) is 0 Å². The van der Waals surface area contributed by atoms with Crippen LogP contribution < -0.4 is 0 Å². The fraction of sp³-hybridized carbons (Fsp3) is 1.00. The first kappa shape index (κ1) is 13.9. The molecule has 0 aromatic carbocycles. The Labute approximate surface area is 87.7 Å². The fourth-order valence-corrected chi connectivity index (χ4v) is 1.10. The van der Waals surface area contributed by atoms with Gasteiger partial charge in [-0.2, -0.15) is 0 Å². The summed E-state index contributed by atoms with van der Waals surface area (Å²) in [4.78, 5) is 0. The number of rotatable bonds is 11. The van der Waals surface area contributed by atoms with Crippen molar-refractivity contribution in [3.8, 4) is 0 Å². The summed E-state index contributed by atoms with van der Waals surface area (Å²) in [6.45, 7) is 5.79. The summed E-state index contributed by atoms with van der Waals surface area (Å²) in [5.74, 6) is 0. The number of unbranched alkanes of at least 4 members (excludes halogenated alkanes) is 3. The van der Waals surface area contributed by atoms with E-state index in [1.54, 1.807) is 7.11 Å². The normalized spacial score (nSPS) is 10.7. The summed E-state index contributed by atoms with van der Waals surface area (Å²) in [6, 6.07) is 0. The molecule has 0 aromatic heterocycles. The second-order valence-electron chi connectivity index (χ2n) is 3.28. The first-order valence-corrected chi connectivity index (χ1v) is 5.56. The van der Waals surface area contributed by atoms with Gasteiger partial charge >= 0.3 is 0 Å². The van der Waals surface area contributed by atoms with Crippen LogP contribution in [0.2, 0.25) is 0 Å². The zero-order valence-electron chi connectivity index (χ0n) is 9.59. The highest BCUT2D eigenvalue weighted by molar-refractivity contribution is 4.39. The highest BCUT2D eigenvalue weighted by Gasteiger charge is 1.90. The van der Waals surface area contributed by atoms with Crippen LogP contribution >= 0.6 is 0 Å². The average molecular weight is 204 g/mol. The third kappa shape index (κ3) is 11.9. The third-order valence-electron chi connectivity index (χ3n) is 1.95. The second kappa shape index (κ2) is 12.9. The molecule has 0 fully saturated rings. The van der Waals surface area contributed by atoms with E-state index in [4.69, 9.17) is 14.2 Å². The van der Waals surface area contributed by atoms with Crippen LogP contribution in [0.1, 0.15) is 32.6 Å². The number of methoxy groups -OCH3 is 1. The van der Waals surface area contributed by atoms with Crippen molar-refractivity contribution in [1.82, 2.24) is 0 Å². The van der Waals surface area contributed by atoms with Gasteiger partial charge in [-0.05, 0) is 6.42 Å². The Kier molecular flexibility index (Phi) is 12.8. The van der Waals surface area contributed by atoms with Gasteiger partial charge in [-0.25, -0.2) is 0 Å². The highest BCUT2D eigenvalue weighted by atomic mass is 16.5. The molecular weight excluding hydrogens is 180 g/mol. The summed E-state index contributed by atoms with van der Waals surface area (Å²) in [5.41, 5.74) is 0. The summed E-state index contributed by atoms with van der Waals surface area (Å²) in [6.07, 6.45) is 5.04. The Balaban J connectivity index is 2.78. The van der Waals surface area contributed by atoms with E-state index in [1.807, 2.05) is 0 Å². The first-order chi connectivity index (χ1) is 6.91. The van der Waals surface area contributed by atoms with E-state index in [-0.39, 0.29) is 0 Å². The largest absolute Gasteiger partial charge is 0.382 e. The first-order valence-electron chi connectivity index (χ1n) is 5.56. The van der Waals surface area contributed by atoms with Crippen LogP contribution in [0.4, 0.5) is 0 Å². The SMILES string of the molecule is CCCCCCOCCOCCOC. The number of hydrogen-bond acceptors (Lipinski definition) is 3. The van der Waals surface area contributed by atoms with Gasteiger partial charge in [-0.15, -0.1) is 0 Å². The lowest BCUT2D eigenvalue weighted by atomic mass is 10.2. The molecule has 0 aliphatic heterocycles. The fourth-order valence-electron chi connectivity index (χ4n) is 1.10. The molecule has 3 nitrogen and oxygen atoms in total. The molecule has 0 rings (SSSR count). The van der Waals surface area contributed by atoms with Crippen LogP contribution in [0.25, 0.3) is 0 Å². The predicted molar refractivity (Wildman–Crippen MR) is 57.7 cm³/mol. The second-order valence-corrected chi connectivity index (χ2v) is 3.28. The van der Waals surface area contributed by atoms with E-state index in [1.165, 1.54) is 25.7 Å². The minimum Gasteiger partial charge on any atom is -0.382 e. The monoisotopic (exact) mass is 204 g/mol. The lowest BCUT2D eigenvalue weighted by molar-refractivity contribution is 0.0240. The van der Waals surface area contributed by atoms with Gasteiger partial charge in [0.05, 0.1) is 26.4 Å². The average Bonchev–Trinajstić information content (AvgIpc) is 2.21. The van der Waals surface area contributed by atoms with E-state index >= 15 is 0 Å². The smallest absolute Gasteiger partial charge is 0.0701 e. The number of ether oxygens (including phenoxy) is 3. The van der Waals surface area contributed by atoms with E-state index in [2.05, 4.69) is 6.92 Å². The maximum Gasteiger partial charge on any atom is 0.0701 e. The van der Waals surface area contributed by atoms with E-state index in [0.29, 0.717) is 26.4 Å². The van der Waals surface area contributed by atoms with Crippen molar-refractivity contribution >= 4 is 0 Å². The standard InChI is InChI=1S/C11H24O3/c1-3-4-5-6-7-13-10-11-14-9-8-12-2/h3-11H2,1-2H3. The Morgan fingerprint density at radius 1 is 0.714 bits per heavy atom. The van der Waals surface area contributed by atoms with Gasteiger partial charge < -0.3 is 14.2 Å². The summed E-state index contributed by atoms with van der Waals surface area (Å²) < 4.78 is 15.5. The van der Waals surface area contributed by atoms with Crippen LogP contribution in [0.5, 0.6) is 0 Å². The molecule has 0 aliphatic carbocycles. The lowest BCUT2D eigenvalue weighted by Gasteiger charge is -2.05. The van der Waals surface area contributed by atoms with Crippen LogP contribution in [0.3, 0.4) is 0 Å². The summed E-state index contributed by atoms with van der Waals surface area (Å²) in [5, 5.41) is 0. The van der Waals surface area contributed by atoms with E-state index in [9.17, 15) is 0 Å². The zero-order valence-corrected chi connectivity index (χ0v) is 9.59. The van der Waals surface area contributed by atoms with Crippen molar-refractivity contribution in [3.05, 3.63) is 0 Å².